The van der Waals surface area contributed by atoms with Crippen molar-refractivity contribution in [1.82, 2.24) is 20.1 Å². The summed E-state index contributed by atoms with van der Waals surface area (Å²) in [5, 5.41) is 17.6. The molecule has 1 amide bonds. The van der Waals surface area contributed by atoms with Crippen molar-refractivity contribution >= 4 is 17.1 Å². The number of hydrogen-bond donors (Lipinski definition) is 2. The molecule has 1 atom stereocenters. The zero-order valence-electron chi connectivity index (χ0n) is 17.6. The number of rotatable bonds is 5. The Morgan fingerprint density at radius 1 is 1.16 bits per heavy atom. The van der Waals surface area contributed by atoms with Gasteiger partial charge in [-0.1, -0.05) is 42.5 Å². The van der Waals surface area contributed by atoms with Gasteiger partial charge in [0.05, 0.1) is 11.9 Å². The maximum absolute atomic E-state index is 11.5. The SMILES string of the molecule is O=C(O)N1CCCC(c2cc(-c3ccccc3OCc3ccccc3)nc3[nH]ncc23)C1. The standard InChI is InChI=1S/C25H24N4O3/c30-25(31)29-12-6-9-18(15-29)20-13-22(27-24-21(20)14-26-28-24)19-10-4-5-11-23(19)32-16-17-7-2-1-3-8-17/h1-5,7-8,10-11,13-14,18H,6,9,12,15-16H2,(H,30,31)(H,26,27,28). The average Bonchev–Trinajstić information content (AvgIpc) is 3.32. The van der Waals surface area contributed by atoms with Crippen molar-refractivity contribution in [2.24, 2.45) is 0 Å². The van der Waals surface area contributed by atoms with Crippen LogP contribution in [0.1, 0.15) is 29.9 Å². The summed E-state index contributed by atoms with van der Waals surface area (Å²) in [6.07, 6.45) is 2.68. The van der Waals surface area contributed by atoms with Crippen molar-refractivity contribution in [1.29, 1.82) is 0 Å². The van der Waals surface area contributed by atoms with E-state index in [1.807, 2.05) is 54.6 Å². The smallest absolute Gasteiger partial charge is 0.407 e. The molecule has 2 N–H and O–H groups in total. The number of H-pyrrole nitrogens is 1. The van der Waals surface area contributed by atoms with Crippen LogP contribution in [0.4, 0.5) is 4.79 Å². The number of likely N-dealkylation sites (tertiary alicyclic amines) is 1. The van der Waals surface area contributed by atoms with Crippen LogP contribution in [0.5, 0.6) is 5.75 Å². The number of benzene rings is 2. The Kier molecular flexibility index (Phi) is 5.46. The van der Waals surface area contributed by atoms with Crippen LogP contribution >= 0.6 is 0 Å². The molecule has 7 nitrogen and oxygen atoms in total. The fourth-order valence-electron chi connectivity index (χ4n) is 4.37. The lowest BCUT2D eigenvalue weighted by atomic mass is 9.88. The maximum Gasteiger partial charge on any atom is 0.407 e. The summed E-state index contributed by atoms with van der Waals surface area (Å²) in [5.74, 6) is 0.851. The van der Waals surface area contributed by atoms with Crippen molar-refractivity contribution in [2.45, 2.75) is 25.4 Å². The van der Waals surface area contributed by atoms with Gasteiger partial charge in [0.2, 0.25) is 0 Å². The highest BCUT2D eigenvalue weighted by Crippen LogP contribution is 2.36. The highest BCUT2D eigenvalue weighted by Gasteiger charge is 2.27. The summed E-state index contributed by atoms with van der Waals surface area (Å²) < 4.78 is 6.15. The Labute approximate surface area is 185 Å². The van der Waals surface area contributed by atoms with Crippen LogP contribution in [-0.2, 0) is 6.61 Å². The van der Waals surface area contributed by atoms with Gasteiger partial charge in [-0.05, 0) is 42.2 Å². The molecule has 3 heterocycles. The van der Waals surface area contributed by atoms with Crippen molar-refractivity contribution in [3.8, 4) is 17.0 Å². The number of para-hydroxylation sites is 1. The van der Waals surface area contributed by atoms with E-state index in [-0.39, 0.29) is 5.92 Å². The molecule has 1 aliphatic rings. The van der Waals surface area contributed by atoms with Gasteiger partial charge in [-0.3, -0.25) is 5.10 Å². The first kappa shape index (κ1) is 20.1. The lowest BCUT2D eigenvalue weighted by Crippen LogP contribution is -2.38. The van der Waals surface area contributed by atoms with Gasteiger partial charge in [0.15, 0.2) is 5.65 Å². The van der Waals surface area contributed by atoms with E-state index in [0.717, 1.165) is 46.4 Å². The first-order valence-electron chi connectivity index (χ1n) is 10.8. The Bertz CT molecular complexity index is 1240. The summed E-state index contributed by atoms with van der Waals surface area (Å²) in [5.41, 5.74) is 4.54. The van der Waals surface area contributed by atoms with Gasteiger partial charge in [0.25, 0.3) is 0 Å². The summed E-state index contributed by atoms with van der Waals surface area (Å²) in [7, 11) is 0. The lowest BCUT2D eigenvalue weighted by Gasteiger charge is -2.31. The van der Waals surface area contributed by atoms with Gasteiger partial charge in [-0.2, -0.15) is 5.10 Å². The molecular formula is C25H24N4O3. The van der Waals surface area contributed by atoms with E-state index >= 15 is 0 Å². The molecule has 0 aliphatic carbocycles. The monoisotopic (exact) mass is 428 g/mol. The van der Waals surface area contributed by atoms with Crippen LogP contribution in [-0.4, -0.2) is 44.4 Å². The van der Waals surface area contributed by atoms with E-state index in [4.69, 9.17) is 9.72 Å². The van der Waals surface area contributed by atoms with E-state index in [1.54, 1.807) is 6.20 Å². The van der Waals surface area contributed by atoms with E-state index in [9.17, 15) is 9.90 Å². The van der Waals surface area contributed by atoms with Crippen LogP contribution in [0.25, 0.3) is 22.3 Å². The van der Waals surface area contributed by atoms with Crippen LogP contribution < -0.4 is 4.74 Å². The third-order valence-electron chi connectivity index (χ3n) is 5.99. The molecule has 0 radical (unpaired) electrons. The number of nitrogens with one attached hydrogen (secondary N) is 1. The van der Waals surface area contributed by atoms with Crippen molar-refractivity contribution in [3.63, 3.8) is 0 Å². The number of pyridine rings is 1. The van der Waals surface area contributed by atoms with Gasteiger partial charge in [0, 0.05) is 30.0 Å². The Balaban J connectivity index is 1.51. The Morgan fingerprint density at radius 3 is 2.81 bits per heavy atom. The maximum atomic E-state index is 11.5. The molecule has 1 aliphatic heterocycles. The van der Waals surface area contributed by atoms with Crippen molar-refractivity contribution in [3.05, 3.63) is 78.0 Å². The van der Waals surface area contributed by atoms with Gasteiger partial charge in [0.1, 0.15) is 12.4 Å². The summed E-state index contributed by atoms with van der Waals surface area (Å²) >= 11 is 0. The fourth-order valence-corrected chi connectivity index (χ4v) is 4.37. The largest absolute Gasteiger partial charge is 0.488 e. The predicted octanol–water partition coefficient (Wildman–Crippen LogP) is 5.06. The number of amides is 1. The van der Waals surface area contributed by atoms with Gasteiger partial charge in [-0.25, -0.2) is 9.78 Å². The lowest BCUT2D eigenvalue weighted by molar-refractivity contribution is 0.130. The van der Waals surface area contributed by atoms with Crippen LogP contribution in [0, 0.1) is 0 Å². The number of hydrogen-bond acceptors (Lipinski definition) is 4. The van der Waals surface area contributed by atoms with Crippen LogP contribution in [0.3, 0.4) is 0 Å². The average molecular weight is 428 g/mol. The number of ether oxygens (including phenoxy) is 1. The molecule has 162 valence electrons. The minimum Gasteiger partial charge on any atom is -0.488 e. The Morgan fingerprint density at radius 2 is 1.97 bits per heavy atom. The van der Waals surface area contributed by atoms with Crippen molar-refractivity contribution in [2.75, 3.05) is 13.1 Å². The molecule has 2 aromatic heterocycles. The van der Waals surface area contributed by atoms with Crippen LogP contribution in [0.15, 0.2) is 66.9 Å². The molecule has 0 bridgehead atoms. The fraction of sp³-hybridized carbons (Fsp3) is 0.240. The molecule has 4 aromatic rings. The van der Waals surface area contributed by atoms with E-state index in [1.165, 1.54) is 4.90 Å². The Hall–Kier alpha value is -3.87. The number of carboxylic acid groups (broad SMARTS) is 1. The summed E-state index contributed by atoms with van der Waals surface area (Å²) in [6, 6.07) is 20.0. The van der Waals surface area contributed by atoms with Gasteiger partial charge in [-0.15, -0.1) is 0 Å². The zero-order chi connectivity index (χ0) is 21.9. The first-order valence-corrected chi connectivity index (χ1v) is 10.8. The van der Waals surface area contributed by atoms with Crippen molar-refractivity contribution < 1.29 is 14.6 Å². The first-order chi connectivity index (χ1) is 15.7. The molecule has 0 saturated carbocycles. The second kappa shape index (κ2) is 8.70. The van der Waals surface area contributed by atoms with Gasteiger partial charge < -0.3 is 14.7 Å². The molecule has 5 rings (SSSR count). The molecule has 7 heteroatoms. The number of nitrogens with zero attached hydrogens (tertiary/aromatic N) is 3. The number of carbonyl (C=O) groups is 1. The third kappa shape index (κ3) is 4.01. The summed E-state index contributed by atoms with van der Waals surface area (Å²) in [6.45, 7) is 1.52. The van der Waals surface area contributed by atoms with Crippen LogP contribution in [0.2, 0.25) is 0 Å². The highest BCUT2D eigenvalue weighted by molar-refractivity contribution is 5.83. The van der Waals surface area contributed by atoms with E-state index < -0.39 is 6.09 Å². The van der Waals surface area contributed by atoms with Gasteiger partial charge >= 0.3 is 6.09 Å². The topological polar surface area (TPSA) is 91.3 Å². The van der Waals surface area contributed by atoms with E-state index in [2.05, 4.69) is 16.3 Å². The predicted molar refractivity (Wildman–Crippen MR) is 122 cm³/mol. The van der Waals surface area contributed by atoms with E-state index in [0.29, 0.717) is 25.3 Å². The molecule has 0 spiro atoms. The number of aromatic amines is 1. The second-order valence-electron chi connectivity index (χ2n) is 8.07. The molecule has 1 unspecified atom stereocenters. The number of piperidine rings is 1. The molecule has 1 saturated heterocycles. The molecule has 1 fully saturated rings. The number of fused-ring (bicyclic) bond motifs is 1. The highest BCUT2D eigenvalue weighted by atomic mass is 16.5. The third-order valence-corrected chi connectivity index (χ3v) is 5.99. The number of aromatic nitrogens is 3. The minimum atomic E-state index is -0.868. The summed E-state index contributed by atoms with van der Waals surface area (Å²) in [4.78, 5) is 17.8. The zero-order valence-corrected chi connectivity index (χ0v) is 17.6. The molecule has 32 heavy (non-hydrogen) atoms. The molecular weight excluding hydrogens is 404 g/mol. The second-order valence-corrected chi connectivity index (χ2v) is 8.07. The molecule has 2 aromatic carbocycles. The normalized spacial score (nSPS) is 16.2. The minimum absolute atomic E-state index is 0.0964. The quantitative estimate of drug-likeness (QED) is 0.464.